The van der Waals surface area contributed by atoms with E-state index in [9.17, 15) is 18.3 Å². The maximum atomic E-state index is 12.9. The Bertz CT molecular complexity index is 1070. The van der Waals surface area contributed by atoms with Gasteiger partial charge in [-0.25, -0.2) is 13.8 Å². The first kappa shape index (κ1) is 22.4. The fourth-order valence-corrected chi connectivity index (χ4v) is 5.10. The van der Waals surface area contributed by atoms with E-state index >= 15 is 0 Å². The van der Waals surface area contributed by atoms with Gasteiger partial charge in [0.25, 0.3) is 5.91 Å². The number of hydrogen-bond donors (Lipinski definition) is 2. The van der Waals surface area contributed by atoms with E-state index in [1.807, 2.05) is 0 Å². The Morgan fingerprint density at radius 3 is 2.67 bits per heavy atom. The first-order valence-electron chi connectivity index (χ1n) is 8.91. The third kappa shape index (κ3) is 4.70. The van der Waals surface area contributed by atoms with Gasteiger partial charge in [0, 0.05) is 11.6 Å². The molecule has 8 nitrogen and oxygen atoms in total. The number of halogens is 2. The first-order chi connectivity index (χ1) is 14.2. The summed E-state index contributed by atoms with van der Waals surface area (Å²) in [5, 5.41) is 14.1. The summed E-state index contributed by atoms with van der Waals surface area (Å²) in [7, 11) is -2.47. The van der Waals surface area contributed by atoms with Crippen LogP contribution in [0, 0.1) is 0 Å². The zero-order valence-electron chi connectivity index (χ0n) is 15.9. The Balaban J connectivity index is 1.73. The minimum atomic E-state index is -3.85. The number of phenols is 1. The van der Waals surface area contributed by atoms with Gasteiger partial charge in [-0.15, -0.1) is 0 Å². The number of sulfonamides is 1. The third-order valence-electron chi connectivity index (χ3n) is 4.59. The lowest BCUT2D eigenvalue weighted by atomic mass is 10.2. The van der Waals surface area contributed by atoms with Gasteiger partial charge in [0.2, 0.25) is 10.0 Å². The van der Waals surface area contributed by atoms with Crippen LogP contribution in [0.5, 0.6) is 11.5 Å². The summed E-state index contributed by atoms with van der Waals surface area (Å²) in [6, 6.07) is 7.85. The van der Waals surface area contributed by atoms with Crippen molar-refractivity contribution in [1.82, 2.24) is 9.73 Å². The van der Waals surface area contributed by atoms with E-state index in [2.05, 4.69) is 10.5 Å². The van der Waals surface area contributed by atoms with Crippen LogP contribution in [0.3, 0.4) is 0 Å². The lowest BCUT2D eigenvalue weighted by Crippen LogP contribution is -2.44. The molecule has 30 heavy (non-hydrogen) atoms. The van der Waals surface area contributed by atoms with Crippen molar-refractivity contribution in [3.63, 3.8) is 0 Å². The molecule has 1 saturated heterocycles. The monoisotopic (exact) mass is 471 g/mol. The molecule has 3 rings (SSSR count). The number of benzene rings is 2. The van der Waals surface area contributed by atoms with Crippen LogP contribution in [0.2, 0.25) is 10.0 Å². The molecule has 2 N–H and O–H groups in total. The highest BCUT2D eigenvalue weighted by Gasteiger charge is 2.39. The van der Waals surface area contributed by atoms with E-state index in [0.29, 0.717) is 23.4 Å². The van der Waals surface area contributed by atoms with Crippen LogP contribution in [0.15, 0.2) is 46.4 Å². The Morgan fingerprint density at radius 2 is 2.00 bits per heavy atom. The minimum Gasteiger partial charge on any atom is -0.503 e. The molecule has 1 fully saturated rings. The smallest absolute Gasteiger partial charge is 0.258 e. The molecule has 0 spiro atoms. The summed E-state index contributed by atoms with van der Waals surface area (Å²) in [5.74, 6) is -0.584. The molecule has 0 saturated carbocycles. The molecule has 160 valence electrons. The van der Waals surface area contributed by atoms with Crippen LogP contribution in [0.1, 0.15) is 18.4 Å². The van der Waals surface area contributed by atoms with Crippen molar-refractivity contribution in [3.05, 3.63) is 52.0 Å². The number of nitrogens with zero attached hydrogens (tertiary/aromatic N) is 2. The van der Waals surface area contributed by atoms with E-state index in [4.69, 9.17) is 27.9 Å². The highest BCUT2D eigenvalue weighted by atomic mass is 35.5. The molecule has 11 heteroatoms. The van der Waals surface area contributed by atoms with Crippen molar-refractivity contribution in [1.29, 1.82) is 0 Å². The van der Waals surface area contributed by atoms with E-state index in [-0.39, 0.29) is 28.0 Å². The number of carbonyl (C=O) groups excluding carboxylic acids is 1. The van der Waals surface area contributed by atoms with Gasteiger partial charge in [-0.3, -0.25) is 4.79 Å². The van der Waals surface area contributed by atoms with Crippen LogP contribution in [0.4, 0.5) is 0 Å². The zero-order valence-corrected chi connectivity index (χ0v) is 18.2. The summed E-state index contributed by atoms with van der Waals surface area (Å²) in [6.45, 7) is 0.234. The number of phenolic OH excluding ortho intramolecular Hbond substituents is 1. The molecule has 0 radical (unpaired) electrons. The number of hydrazone groups is 1. The molecular formula is C19H19Cl2N3O5S. The normalized spacial score (nSPS) is 17.4. The highest BCUT2D eigenvalue weighted by Crippen LogP contribution is 2.34. The van der Waals surface area contributed by atoms with Crippen LogP contribution in [0.25, 0.3) is 0 Å². The fraction of sp³-hybridized carbons (Fsp3) is 0.263. The van der Waals surface area contributed by atoms with E-state index in [1.165, 1.54) is 54.0 Å². The molecule has 1 atom stereocenters. The maximum Gasteiger partial charge on any atom is 0.258 e. The Hall–Kier alpha value is -2.33. The number of amides is 1. The quantitative estimate of drug-likeness (QED) is 0.497. The van der Waals surface area contributed by atoms with Crippen LogP contribution >= 0.6 is 23.2 Å². The summed E-state index contributed by atoms with van der Waals surface area (Å²) in [6.07, 6.45) is 2.26. The Kier molecular flexibility index (Phi) is 6.87. The van der Waals surface area contributed by atoms with E-state index in [1.54, 1.807) is 0 Å². The largest absolute Gasteiger partial charge is 0.503 e. The second-order valence-corrected chi connectivity index (χ2v) is 9.25. The van der Waals surface area contributed by atoms with Crippen molar-refractivity contribution in [2.24, 2.45) is 5.10 Å². The average molecular weight is 472 g/mol. The molecule has 0 bridgehead atoms. The van der Waals surface area contributed by atoms with Crippen molar-refractivity contribution in [2.45, 2.75) is 23.8 Å². The van der Waals surface area contributed by atoms with Crippen molar-refractivity contribution < 1.29 is 23.1 Å². The average Bonchev–Trinajstić information content (AvgIpc) is 3.21. The van der Waals surface area contributed by atoms with Crippen LogP contribution < -0.4 is 10.2 Å². The predicted molar refractivity (Wildman–Crippen MR) is 114 cm³/mol. The molecule has 1 amide bonds. The highest BCUT2D eigenvalue weighted by molar-refractivity contribution is 7.89. The van der Waals surface area contributed by atoms with Gasteiger partial charge < -0.3 is 9.84 Å². The number of methoxy groups -OCH3 is 1. The molecule has 1 aliphatic heterocycles. The molecular weight excluding hydrogens is 453 g/mol. The Morgan fingerprint density at radius 1 is 1.30 bits per heavy atom. The molecule has 1 aliphatic rings. The number of hydrogen-bond acceptors (Lipinski definition) is 6. The fourth-order valence-electron chi connectivity index (χ4n) is 3.10. The van der Waals surface area contributed by atoms with E-state index in [0.717, 1.165) is 0 Å². The standard InChI is InChI=1S/C19H19Cl2N3O5S/c1-29-17-10-12(9-15(21)18(17)25)11-22-23-19(26)16-3-2-8-24(16)30(27,28)14-6-4-13(20)5-7-14/h4-7,9-11,16,25H,2-3,8H2,1H3,(H,23,26)/b22-11+/t16-/m0/s1. The molecule has 0 unspecified atom stereocenters. The number of nitrogens with one attached hydrogen (secondary N) is 1. The van der Waals surface area contributed by atoms with Gasteiger partial charge in [0.05, 0.1) is 23.2 Å². The van der Waals surface area contributed by atoms with Gasteiger partial charge in [0.15, 0.2) is 11.5 Å². The maximum absolute atomic E-state index is 12.9. The summed E-state index contributed by atoms with van der Waals surface area (Å²) < 4.78 is 32.0. The van der Waals surface area contributed by atoms with Gasteiger partial charge in [0.1, 0.15) is 6.04 Å². The number of ether oxygens (including phenoxy) is 1. The van der Waals surface area contributed by atoms with Crippen LogP contribution in [-0.2, 0) is 14.8 Å². The van der Waals surface area contributed by atoms with Gasteiger partial charge in [-0.05, 0) is 54.8 Å². The molecule has 0 aliphatic carbocycles. The Labute approximate surface area is 184 Å². The topological polar surface area (TPSA) is 108 Å². The van der Waals surface area contributed by atoms with Crippen molar-refractivity contribution in [3.8, 4) is 11.5 Å². The zero-order chi connectivity index (χ0) is 21.9. The predicted octanol–water partition coefficient (Wildman–Crippen LogP) is 3.01. The first-order valence-corrected chi connectivity index (χ1v) is 11.1. The lowest BCUT2D eigenvalue weighted by Gasteiger charge is -2.22. The molecule has 1 heterocycles. The second kappa shape index (κ2) is 9.22. The molecule has 2 aromatic rings. The second-order valence-electron chi connectivity index (χ2n) is 6.52. The summed E-state index contributed by atoms with van der Waals surface area (Å²) >= 11 is 11.7. The van der Waals surface area contributed by atoms with Crippen molar-refractivity contribution in [2.75, 3.05) is 13.7 Å². The van der Waals surface area contributed by atoms with E-state index < -0.39 is 22.0 Å². The molecule has 2 aromatic carbocycles. The van der Waals surface area contributed by atoms with Gasteiger partial charge in [-0.1, -0.05) is 23.2 Å². The summed E-state index contributed by atoms with van der Waals surface area (Å²) in [5.41, 5.74) is 2.84. The van der Waals surface area contributed by atoms with Crippen LogP contribution in [-0.4, -0.2) is 49.6 Å². The lowest BCUT2D eigenvalue weighted by molar-refractivity contribution is -0.124. The SMILES string of the molecule is COc1cc(/C=N/NC(=O)[C@@H]2CCCN2S(=O)(=O)c2ccc(Cl)cc2)cc(Cl)c1O. The van der Waals surface area contributed by atoms with Gasteiger partial charge in [-0.2, -0.15) is 9.41 Å². The minimum absolute atomic E-state index is 0.0677. The number of carbonyl (C=O) groups is 1. The van der Waals surface area contributed by atoms with Gasteiger partial charge >= 0.3 is 0 Å². The summed E-state index contributed by atoms with van der Waals surface area (Å²) in [4.78, 5) is 12.6. The number of aromatic hydroxyl groups is 1. The number of rotatable bonds is 6. The van der Waals surface area contributed by atoms with Crippen molar-refractivity contribution >= 4 is 45.3 Å². The molecule has 0 aromatic heterocycles. The third-order valence-corrected chi connectivity index (χ3v) is 7.05.